The highest BCUT2D eigenvalue weighted by atomic mass is 19.1. The van der Waals surface area contributed by atoms with Gasteiger partial charge in [-0.25, -0.2) is 4.39 Å². The molecule has 1 rings (SSSR count). The molecule has 0 aliphatic heterocycles. The molecule has 9 heavy (non-hydrogen) atoms. The van der Waals surface area contributed by atoms with Crippen LogP contribution in [0.1, 0.15) is 19.3 Å². The Balaban J connectivity index is 1.80. The minimum atomic E-state index is -0.403. The largest absolute Gasteiger partial charge is 0.299 e. The van der Waals surface area contributed by atoms with E-state index >= 15 is 0 Å². The van der Waals surface area contributed by atoms with Gasteiger partial charge in [-0.1, -0.05) is 6.42 Å². The van der Waals surface area contributed by atoms with E-state index in [1.807, 2.05) is 0 Å². The van der Waals surface area contributed by atoms with Crippen LogP contribution in [-0.4, -0.2) is 19.3 Å². The number of nitrogens with one attached hydrogen (secondary N) is 1. The summed E-state index contributed by atoms with van der Waals surface area (Å²) >= 11 is 0. The van der Waals surface area contributed by atoms with E-state index in [-0.39, 0.29) is 6.61 Å². The Morgan fingerprint density at radius 2 is 2.33 bits per heavy atom. The van der Waals surface area contributed by atoms with E-state index in [0.717, 1.165) is 0 Å². The smallest absolute Gasteiger partial charge is 0.115 e. The predicted molar refractivity (Wildman–Crippen MR) is 32.7 cm³/mol. The first-order valence-electron chi connectivity index (χ1n) is 3.37. The standard InChI is InChI=1S/C6H12FNO/c7-4-5-9-8-6-2-1-3-6/h6,8H,1-5H2. The number of hydrogen-bond acceptors (Lipinski definition) is 2. The average Bonchev–Trinajstić information content (AvgIpc) is 1.76. The summed E-state index contributed by atoms with van der Waals surface area (Å²) in [5.41, 5.74) is 2.78. The zero-order valence-electron chi connectivity index (χ0n) is 5.40. The number of rotatable bonds is 4. The van der Waals surface area contributed by atoms with Crippen molar-refractivity contribution in [2.24, 2.45) is 0 Å². The van der Waals surface area contributed by atoms with E-state index in [1.165, 1.54) is 19.3 Å². The van der Waals surface area contributed by atoms with Gasteiger partial charge < -0.3 is 0 Å². The summed E-state index contributed by atoms with van der Waals surface area (Å²) in [7, 11) is 0. The first-order chi connectivity index (χ1) is 4.43. The molecule has 2 nitrogen and oxygen atoms in total. The van der Waals surface area contributed by atoms with Gasteiger partial charge in [-0.2, -0.15) is 5.48 Å². The Morgan fingerprint density at radius 1 is 1.56 bits per heavy atom. The van der Waals surface area contributed by atoms with E-state index in [4.69, 9.17) is 4.84 Å². The molecule has 1 saturated carbocycles. The fraction of sp³-hybridized carbons (Fsp3) is 1.00. The van der Waals surface area contributed by atoms with Crippen LogP contribution < -0.4 is 5.48 Å². The molecule has 0 aromatic carbocycles. The highest BCUT2D eigenvalue weighted by Crippen LogP contribution is 2.17. The molecular formula is C6H12FNO. The molecule has 1 aliphatic carbocycles. The van der Waals surface area contributed by atoms with Gasteiger partial charge in [0, 0.05) is 6.04 Å². The molecule has 0 bridgehead atoms. The SMILES string of the molecule is FCCONC1CCC1. The minimum Gasteiger partial charge on any atom is -0.299 e. The van der Waals surface area contributed by atoms with Crippen LogP contribution in [0.25, 0.3) is 0 Å². The van der Waals surface area contributed by atoms with Gasteiger partial charge in [0.2, 0.25) is 0 Å². The van der Waals surface area contributed by atoms with Crippen molar-refractivity contribution in [3.63, 3.8) is 0 Å². The molecule has 0 atom stereocenters. The lowest BCUT2D eigenvalue weighted by atomic mass is 9.94. The van der Waals surface area contributed by atoms with Crippen molar-refractivity contribution in [2.75, 3.05) is 13.3 Å². The van der Waals surface area contributed by atoms with Crippen LogP contribution in [0.3, 0.4) is 0 Å². The van der Waals surface area contributed by atoms with Crippen molar-refractivity contribution in [3.8, 4) is 0 Å². The lowest BCUT2D eigenvalue weighted by Crippen LogP contribution is -2.35. The number of hydrogen-bond donors (Lipinski definition) is 1. The van der Waals surface area contributed by atoms with Crippen LogP contribution in [0.2, 0.25) is 0 Å². The second kappa shape index (κ2) is 3.80. The summed E-state index contributed by atoms with van der Waals surface area (Å²) in [5, 5.41) is 0. The van der Waals surface area contributed by atoms with E-state index in [2.05, 4.69) is 5.48 Å². The lowest BCUT2D eigenvalue weighted by molar-refractivity contribution is -0.00904. The summed E-state index contributed by atoms with van der Waals surface area (Å²) in [6, 6.07) is 0.497. The number of alkyl halides is 1. The lowest BCUT2D eigenvalue weighted by Gasteiger charge is -2.25. The third-order valence-corrected chi connectivity index (χ3v) is 1.53. The number of halogens is 1. The molecule has 1 aliphatic rings. The Kier molecular flexibility index (Phi) is 2.94. The maximum atomic E-state index is 11.4. The Morgan fingerprint density at radius 3 is 2.78 bits per heavy atom. The van der Waals surface area contributed by atoms with Gasteiger partial charge in [0.05, 0.1) is 6.61 Å². The minimum absolute atomic E-state index is 0.177. The topological polar surface area (TPSA) is 21.3 Å². The summed E-state index contributed by atoms with van der Waals surface area (Å²) < 4.78 is 11.4. The monoisotopic (exact) mass is 133 g/mol. The zero-order valence-corrected chi connectivity index (χ0v) is 5.40. The third-order valence-electron chi connectivity index (χ3n) is 1.53. The van der Waals surface area contributed by atoms with Crippen LogP contribution >= 0.6 is 0 Å². The van der Waals surface area contributed by atoms with Crippen LogP contribution in [-0.2, 0) is 4.84 Å². The molecule has 0 amide bonds. The Labute approximate surface area is 54.3 Å². The highest BCUT2D eigenvalue weighted by molar-refractivity contribution is 4.72. The molecule has 0 radical (unpaired) electrons. The van der Waals surface area contributed by atoms with Gasteiger partial charge in [-0.3, -0.25) is 4.84 Å². The molecule has 0 spiro atoms. The fourth-order valence-electron chi connectivity index (χ4n) is 0.741. The molecule has 0 heterocycles. The normalized spacial score (nSPS) is 19.7. The number of hydroxylamine groups is 1. The molecule has 0 aromatic heterocycles. The first-order valence-corrected chi connectivity index (χ1v) is 3.37. The van der Waals surface area contributed by atoms with Gasteiger partial charge in [-0.05, 0) is 12.8 Å². The van der Waals surface area contributed by atoms with Crippen molar-refractivity contribution < 1.29 is 9.23 Å². The van der Waals surface area contributed by atoms with Crippen molar-refractivity contribution >= 4 is 0 Å². The molecule has 1 N–H and O–H groups in total. The van der Waals surface area contributed by atoms with Gasteiger partial charge in [0.1, 0.15) is 6.67 Å². The fourth-order valence-corrected chi connectivity index (χ4v) is 0.741. The van der Waals surface area contributed by atoms with Crippen molar-refractivity contribution in [1.82, 2.24) is 5.48 Å². The molecular weight excluding hydrogens is 121 g/mol. The van der Waals surface area contributed by atoms with E-state index < -0.39 is 6.67 Å². The van der Waals surface area contributed by atoms with Gasteiger partial charge in [0.15, 0.2) is 0 Å². The molecule has 0 saturated heterocycles. The average molecular weight is 133 g/mol. The second-order valence-corrected chi connectivity index (χ2v) is 2.28. The maximum absolute atomic E-state index is 11.4. The Bertz CT molecular complexity index is 75.5. The van der Waals surface area contributed by atoms with Crippen molar-refractivity contribution in [3.05, 3.63) is 0 Å². The van der Waals surface area contributed by atoms with Crippen LogP contribution in [0.5, 0.6) is 0 Å². The van der Waals surface area contributed by atoms with E-state index in [1.54, 1.807) is 0 Å². The molecule has 3 heteroatoms. The highest BCUT2D eigenvalue weighted by Gasteiger charge is 2.16. The van der Waals surface area contributed by atoms with Crippen LogP contribution in [0.4, 0.5) is 4.39 Å². The summed E-state index contributed by atoms with van der Waals surface area (Å²) in [5.74, 6) is 0. The van der Waals surface area contributed by atoms with Crippen LogP contribution in [0.15, 0.2) is 0 Å². The first kappa shape index (κ1) is 6.96. The molecule has 0 aromatic rings. The zero-order chi connectivity index (χ0) is 6.53. The molecule has 0 unspecified atom stereocenters. The second-order valence-electron chi connectivity index (χ2n) is 2.28. The van der Waals surface area contributed by atoms with Gasteiger partial charge >= 0.3 is 0 Å². The summed E-state index contributed by atoms with van der Waals surface area (Å²) in [4.78, 5) is 4.76. The van der Waals surface area contributed by atoms with E-state index in [0.29, 0.717) is 6.04 Å². The summed E-state index contributed by atoms with van der Waals surface area (Å²) in [6.45, 7) is -0.226. The van der Waals surface area contributed by atoms with E-state index in [9.17, 15) is 4.39 Å². The van der Waals surface area contributed by atoms with Crippen molar-refractivity contribution in [2.45, 2.75) is 25.3 Å². The summed E-state index contributed by atoms with van der Waals surface area (Å²) in [6.07, 6.45) is 3.62. The molecule has 1 fully saturated rings. The van der Waals surface area contributed by atoms with Crippen molar-refractivity contribution in [1.29, 1.82) is 0 Å². The third kappa shape index (κ3) is 2.28. The van der Waals surface area contributed by atoms with Gasteiger partial charge in [-0.15, -0.1) is 0 Å². The maximum Gasteiger partial charge on any atom is 0.115 e. The Hall–Kier alpha value is -0.150. The molecule has 54 valence electrons. The quantitative estimate of drug-likeness (QED) is 0.457. The van der Waals surface area contributed by atoms with Gasteiger partial charge in [0.25, 0.3) is 0 Å². The predicted octanol–water partition coefficient (Wildman–Crippen LogP) is 1.03. The van der Waals surface area contributed by atoms with Crippen LogP contribution in [0, 0.1) is 0 Å².